The number of hydrogen-bond acceptors (Lipinski definition) is 2. The summed E-state index contributed by atoms with van der Waals surface area (Å²) in [6.07, 6.45) is 0. The predicted octanol–water partition coefficient (Wildman–Crippen LogP) is 6.61. The van der Waals surface area contributed by atoms with Crippen LogP contribution in [-0.2, 0) is 26.6 Å². The average Bonchev–Trinajstić information content (AvgIpc) is 3.20. The van der Waals surface area contributed by atoms with E-state index in [4.69, 9.17) is 9.30 Å². The Balaban J connectivity index is 0.000000894. The van der Waals surface area contributed by atoms with E-state index in [9.17, 15) is 5.11 Å². The summed E-state index contributed by atoms with van der Waals surface area (Å²) < 4.78 is 15.0. The van der Waals surface area contributed by atoms with E-state index in [1.54, 1.807) is 0 Å². The van der Waals surface area contributed by atoms with Crippen molar-refractivity contribution in [2.45, 2.75) is 19.9 Å². The third kappa shape index (κ3) is 7.06. The topological polar surface area (TPSA) is 72.1 Å². The fraction of sp³-hybridized carbons (Fsp3) is 0.107. The molecule has 34 heavy (non-hydrogen) atoms. The summed E-state index contributed by atoms with van der Waals surface area (Å²) in [5.41, 5.74) is 5.90. The SMILES string of the molecule is CC(C)NC1=C(O)C(c2ccccc2)=C(c2ccccc2)[C]1c1ccccc1.[C-]#[O+].[C-]#[O+].[Cl][Ru]. The van der Waals surface area contributed by atoms with Gasteiger partial charge in [-0.25, -0.2) is 0 Å². The number of benzene rings is 3. The molecule has 0 aliphatic heterocycles. The van der Waals surface area contributed by atoms with Gasteiger partial charge >= 0.3 is 49.6 Å². The predicted molar refractivity (Wildman–Crippen MR) is 130 cm³/mol. The van der Waals surface area contributed by atoms with Crippen molar-refractivity contribution < 1.29 is 31.7 Å². The molecule has 0 spiro atoms. The van der Waals surface area contributed by atoms with E-state index in [1.807, 2.05) is 71.9 Å². The first-order valence-electron chi connectivity index (χ1n) is 10.2. The summed E-state index contributed by atoms with van der Waals surface area (Å²) >= 11 is 1.82. The van der Waals surface area contributed by atoms with Gasteiger partial charge in [0.2, 0.25) is 0 Å². The van der Waals surface area contributed by atoms with Crippen molar-refractivity contribution in [2.24, 2.45) is 0 Å². The molecule has 3 aromatic rings. The Morgan fingerprint density at radius 2 is 1.03 bits per heavy atom. The first kappa shape index (κ1) is 29.2. The van der Waals surface area contributed by atoms with Crippen LogP contribution in [0.2, 0.25) is 0 Å². The van der Waals surface area contributed by atoms with Gasteiger partial charge in [0.15, 0.2) is 0 Å². The molecule has 1 radical (unpaired) electrons. The van der Waals surface area contributed by atoms with Crippen molar-refractivity contribution in [3.05, 3.63) is 138 Å². The molecule has 0 saturated heterocycles. The Labute approximate surface area is 215 Å². The maximum atomic E-state index is 11.4. The van der Waals surface area contributed by atoms with E-state index >= 15 is 0 Å². The minimum absolute atomic E-state index is 0.197. The molecule has 0 fully saturated rings. The zero-order valence-electron chi connectivity index (χ0n) is 18.7. The van der Waals surface area contributed by atoms with Crippen LogP contribution in [0.25, 0.3) is 11.1 Å². The van der Waals surface area contributed by atoms with Gasteiger partial charge in [-0.3, -0.25) is 0 Å². The molecule has 1 aliphatic carbocycles. The zero-order chi connectivity index (χ0) is 25.5. The molecule has 0 amide bonds. The summed E-state index contributed by atoms with van der Waals surface area (Å²) in [5, 5.41) is 14.8. The summed E-state index contributed by atoms with van der Waals surface area (Å²) in [5.74, 6) is 1.34. The van der Waals surface area contributed by atoms with Crippen LogP contribution in [0, 0.1) is 19.2 Å². The Morgan fingerprint density at radius 3 is 1.41 bits per heavy atom. The number of allylic oxidation sites excluding steroid dienone is 2. The van der Waals surface area contributed by atoms with Gasteiger partial charge < -0.3 is 10.4 Å². The second kappa shape index (κ2) is 15.9. The van der Waals surface area contributed by atoms with Crippen LogP contribution in [0.15, 0.2) is 102 Å². The first-order valence-corrected chi connectivity index (χ1v) is 12.4. The number of halogens is 1. The third-order valence-electron chi connectivity index (χ3n) is 4.84. The molecular formula is C28H24ClNO3Ru. The van der Waals surface area contributed by atoms with Crippen molar-refractivity contribution >= 4 is 20.8 Å². The third-order valence-corrected chi connectivity index (χ3v) is 4.84. The number of hydrogen-bond donors (Lipinski definition) is 2. The van der Waals surface area contributed by atoms with Gasteiger partial charge in [-0.05, 0) is 36.1 Å². The van der Waals surface area contributed by atoms with Crippen LogP contribution >= 0.6 is 9.69 Å². The molecule has 2 N–H and O–H groups in total. The zero-order valence-corrected chi connectivity index (χ0v) is 21.2. The molecule has 0 bridgehead atoms. The summed E-state index contributed by atoms with van der Waals surface area (Å²) in [7, 11) is 4.57. The summed E-state index contributed by atoms with van der Waals surface area (Å²) in [6, 6.07) is 30.9. The Hall–Kier alpha value is -2.87. The number of aliphatic hydroxyl groups excluding tert-OH is 1. The minimum atomic E-state index is 0.197. The Bertz CT molecular complexity index is 1100. The second-order valence-corrected chi connectivity index (χ2v) is 7.25. The fourth-order valence-corrected chi connectivity index (χ4v) is 3.71. The van der Waals surface area contributed by atoms with Gasteiger partial charge in [-0.1, -0.05) is 91.0 Å². The molecule has 0 aromatic heterocycles. The van der Waals surface area contributed by atoms with Gasteiger partial charge in [0, 0.05) is 11.6 Å². The van der Waals surface area contributed by atoms with Crippen LogP contribution in [0.1, 0.15) is 30.5 Å². The van der Waals surface area contributed by atoms with Crippen molar-refractivity contribution in [3.8, 4) is 0 Å². The van der Waals surface area contributed by atoms with Crippen LogP contribution in [0.5, 0.6) is 0 Å². The average molecular weight is 559 g/mol. The summed E-state index contributed by atoms with van der Waals surface area (Å²) in [6.45, 7) is 13.2. The molecule has 0 heterocycles. The van der Waals surface area contributed by atoms with Crippen molar-refractivity contribution in [1.29, 1.82) is 0 Å². The van der Waals surface area contributed by atoms with Gasteiger partial charge in [0.1, 0.15) is 5.76 Å². The van der Waals surface area contributed by atoms with Gasteiger partial charge in [-0.2, -0.15) is 0 Å². The molecular weight excluding hydrogens is 535 g/mol. The van der Waals surface area contributed by atoms with E-state index in [1.165, 1.54) is 0 Å². The van der Waals surface area contributed by atoms with E-state index < -0.39 is 0 Å². The quantitative estimate of drug-likeness (QED) is 0.210. The molecule has 0 atom stereocenters. The number of aliphatic hydroxyl groups is 1. The normalized spacial score (nSPS) is 12.5. The van der Waals surface area contributed by atoms with E-state index in [-0.39, 0.29) is 6.04 Å². The standard InChI is InChI=1S/C26H24NO.2CO.ClH.Ru/c1-18(2)27-25-23(20-14-8-4-9-15-20)22(19-12-6-3-7-13-19)24(26(25)28)21-16-10-5-11-17-21;2*1-2;;/h3-18,27-28H,1-2H3;;;1H;/q;;;;+1/p-1. The number of rotatable bonds is 5. The molecule has 0 saturated carbocycles. The van der Waals surface area contributed by atoms with Crippen molar-refractivity contribution in [1.82, 2.24) is 5.32 Å². The molecule has 174 valence electrons. The van der Waals surface area contributed by atoms with Crippen LogP contribution in [-0.4, -0.2) is 11.1 Å². The van der Waals surface area contributed by atoms with Gasteiger partial charge in [0.25, 0.3) is 0 Å². The van der Waals surface area contributed by atoms with Crippen LogP contribution in [0.3, 0.4) is 0 Å². The van der Waals surface area contributed by atoms with Gasteiger partial charge in [0.05, 0.1) is 11.6 Å². The van der Waals surface area contributed by atoms with E-state index in [0.29, 0.717) is 5.76 Å². The molecule has 4 rings (SSSR count). The monoisotopic (exact) mass is 559 g/mol. The fourth-order valence-electron chi connectivity index (χ4n) is 3.71. The second-order valence-electron chi connectivity index (χ2n) is 7.25. The molecule has 1 aliphatic rings. The van der Waals surface area contributed by atoms with E-state index in [0.717, 1.165) is 39.5 Å². The maximum absolute atomic E-state index is 11.4. The van der Waals surface area contributed by atoms with Crippen LogP contribution < -0.4 is 5.32 Å². The summed E-state index contributed by atoms with van der Waals surface area (Å²) in [4.78, 5) is 0. The van der Waals surface area contributed by atoms with Crippen molar-refractivity contribution in [3.63, 3.8) is 0 Å². The van der Waals surface area contributed by atoms with Crippen LogP contribution in [0.4, 0.5) is 0 Å². The molecule has 3 aromatic carbocycles. The Kier molecular flexibility index (Phi) is 13.6. The van der Waals surface area contributed by atoms with Crippen molar-refractivity contribution in [2.75, 3.05) is 0 Å². The first-order chi connectivity index (χ1) is 16.7. The molecule has 4 nitrogen and oxygen atoms in total. The van der Waals surface area contributed by atoms with E-state index in [2.05, 4.69) is 78.6 Å². The molecule has 6 heteroatoms. The van der Waals surface area contributed by atoms with Gasteiger partial charge in [-0.15, -0.1) is 0 Å². The Morgan fingerprint density at radius 1 is 0.676 bits per heavy atom. The number of nitrogens with one attached hydrogen (secondary N) is 1. The molecule has 0 unspecified atom stereocenters.